The van der Waals surface area contributed by atoms with Crippen LogP contribution in [0.4, 0.5) is 0 Å². The third-order valence-corrected chi connectivity index (χ3v) is 4.84. The van der Waals surface area contributed by atoms with Crippen LogP contribution in [-0.2, 0) is 10.3 Å². The number of aliphatic hydroxyl groups is 1. The molecule has 2 rings (SSSR count). The van der Waals surface area contributed by atoms with Crippen LogP contribution in [0.25, 0.3) is 0 Å². The molecule has 0 aromatic heterocycles. The first-order valence-corrected chi connectivity index (χ1v) is 7.59. The Morgan fingerprint density at radius 1 is 0.957 bits per heavy atom. The Morgan fingerprint density at radius 2 is 1.61 bits per heavy atom. The van der Waals surface area contributed by atoms with Gasteiger partial charge in [-0.05, 0) is 56.0 Å². The van der Waals surface area contributed by atoms with Crippen molar-refractivity contribution in [3.8, 4) is 11.5 Å². The van der Waals surface area contributed by atoms with Crippen molar-refractivity contribution in [2.45, 2.75) is 39.4 Å². The Hall–Kier alpha value is -2.04. The van der Waals surface area contributed by atoms with E-state index in [-0.39, 0.29) is 17.1 Å². The Morgan fingerprint density at radius 3 is 2.22 bits per heavy atom. The number of phenols is 2. The quantitative estimate of drug-likeness (QED) is 0.757. The fourth-order valence-corrected chi connectivity index (χ4v) is 2.96. The molecule has 0 aliphatic carbocycles. The molecule has 0 aliphatic heterocycles. The highest BCUT2D eigenvalue weighted by Crippen LogP contribution is 2.44. The van der Waals surface area contributed by atoms with Crippen molar-refractivity contribution >= 4 is 0 Å². The van der Waals surface area contributed by atoms with E-state index in [2.05, 4.69) is 0 Å². The lowest BCUT2D eigenvalue weighted by molar-refractivity contribution is -0.0632. The van der Waals surface area contributed by atoms with Gasteiger partial charge in [-0.25, -0.2) is 0 Å². The summed E-state index contributed by atoms with van der Waals surface area (Å²) < 4.78 is 5.40. The molecule has 0 fully saturated rings. The van der Waals surface area contributed by atoms with Crippen molar-refractivity contribution in [2.24, 2.45) is 0 Å². The van der Waals surface area contributed by atoms with E-state index in [1.807, 2.05) is 32.9 Å². The van der Waals surface area contributed by atoms with E-state index in [1.54, 1.807) is 19.1 Å². The summed E-state index contributed by atoms with van der Waals surface area (Å²) in [5.41, 5.74) is 2.41. The smallest absolute Gasteiger partial charge is 0.164 e. The zero-order chi connectivity index (χ0) is 17.4. The lowest BCUT2D eigenvalue weighted by Crippen LogP contribution is -2.41. The van der Waals surface area contributed by atoms with E-state index < -0.39 is 11.7 Å². The molecule has 0 radical (unpaired) electrons. The lowest BCUT2D eigenvalue weighted by atomic mass is 9.78. The van der Waals surface area contributed by atoms with Crippen LogP contribution in [0.5, 0.6) is 11.5 Å². The monoisotopic (exact) mass is 316 g/mol. The number of benzene rings is 2. The van der Waals surface area contributed by atoms with Gasteiger partial charge >= 0.3 is 0 Å². The molecule has 0 spiro atoms. The van der Waals surface area contributed by atoms with Crippen molar-refractivity contribution in [3.05, 3.63) is 58.1 Å². The van der Waals surface area contributed by atoms with Crippen LogP contribution in [0.2, 0.25) is 0 Å². The van der Waals surface area contributed by atoms with Gasteiger partial charge in [-0.1, -0.05) is 24.3 Å². The zero-order valence-corrected chi connectivity index (χ0v) is 14.2. The summed E-state index contributed by atoms with van der Waals surface area (Å²) in [6.07, 6.45) is -0.629. The summed E-state index contributed by atoms with van der Waals surface area (Å²) in [5.74, 6) is -0.609. The number of para-hydroxylation sites is 1. The van der Waals surface area contributed by atoms with Gasteiger partial charge in [0.2, 0.25) is 0 Å². The van der Waals surface area contributed by atoms with Gasteiger partial charge in [0.1, 0.15) is 5.60 Å². The van der Waals surface area contributed by atoms with Gasteiger partial charge < -0.3 is 20.1 Å². The zero-order valence-electron chi connectivity index (χ0n) is 14.2. The van der Waals surface area contributed by atoms with E-state index in [0.29, 0.717) is 5.56 Å². The van der Waals surface area contributed by atoms with Crippen LogP contribution < -0.4 is 0 Å². The molecular formula is C19H24O4. The molecule has 0 amide bonds. The maximum atomic E-state index is 11.5. The van der Waals surface area contributed by atoms with Crippen LogP contribution in [0.1, 0.15) is 34.7 Å². The fraction of sp³-hybridized carbons (Fsp3) is 0.368. The molecule has 4 nitrogen and oxygen atoms in total. The van der Waals surface area contributed by atoms with E-state index in [4.69, 9.17) is 4.74 Å². The Balaban J connectivity index is 2.81. The van der Waals surface area contributed by atoms with Crippen LogP contribution in [0.15, 0.2) is 30.3 Å². The lowest BCUT2D eigenvalue weighted by Gasteiger charge is -2.36. The maximum absolute atomic E-state index is 11.5. The minimum atomic E-state index is -1.58. The summed E-state index contributed by atoms with van der Waals surface area (Å²) in [6, 6.07) is 8.35. The largest absolute Gasteiger partial charge is 0.504 e. The van der Waals surface area contributed by atoms with Crippen LogP contribution in [0.3, 0.4) is 0 Å². The normalized spacial score (nSPS) is 15.2. The minimum Gasteiger partial charge on any atom is -0.504 e. The highest BCUT2D eigenvalue weighted by Gasteiger charge is 2.42. The molecule has 2 atom stereocenters. The van der Waals surface area contributed by atoms with Gasteiger partial charge in [0, 0.05) is 12.7 Å². The molecule has 2 unspecified atom stereocenters. The van der Waals surface area contributed by atoms with Crippen LogP contribution >= 0.6 is 0 Å². The highest BCUT2D eigenvalue weighted by molar-refractivity contribution is 5.54. The molecule has 0 saturated carbocycles. The second-order valence-corrected chi connectivity index (χ2v) is 6.00. The number of ether oxygens (including phenoxy) is 1. The van der Waals surface area contributed by atoms with Gasteiger partial charge in [-0.3, -0.25) is 0 Å². The fourth-order valence-electron chi connectivity index (χ4n) is 2.96. The van der Waals surface area contributed by atoms with Gasteiger partial charge in [0.05, 0.1) is 6.10 Å². The van der Waals surface area contributed by atoms with Crippen molar-refractivity contribution in [1.29, 1.82) is 0 Å². The van der Waals surface area contributed by atoms with Crippen molar-refractivity contribution in [1.82, 2.24) is 0 Å². The first kappa shape index (κ1) is 17.3. The minimum absolute atomic E-state index is 0.221. The highest BCUT2D eigenvalue weighted by atomic mass is 16.5. The summed E-state index contributed by atoms with van der Waals surface area (Å²) in [7, 11) is 1.51. The summed E-state index contributed by atoms with van der Waals surface area (Å²) in [5, 5.41) is 31.6. The number of aromatic hydroxyl groups is 2. The first-order valence-electron chi connectivity index (χ1n) is 7.59. The third-order valence-electron chi connectivity index (χ3n) is 4.84. The van der Waals surface area contributed by atoms with E-state index >= 15 is 0 Å². The van der Waals surface area contributed by atoms with Crippen molar-refractivity contribution in [2.75, 3.05) is 7.11 Å². The number of methoxy groups -OCH3 is 1. The van der Waals surface area contributed by atoms with Gasteiger partial charge in [-0.2, -0.15) is 0 Å². The average Bonchev–Trinajstić information content (AvgIpc) is 2.53. The summed E-state index contributed by atoms with van der Waals surface area (Å²) in [4.78, 5) is 0. The number of rotatable bonds is 4. The predicted molar refractivity (Wildman–Crippen MR) is 89.9 cm³/mol. The molecular weight excluding hydrogens is 292 g/mol. The molecule has 0 bridgehead atoms. The SMILES string of the molecule is COC(C)C(O)(c1ccc(C)c(C)c1C)c1cccc(O)c1O. The van der Waals surface area contributed by atoms with Gasteiger partial charge in [-0.15, -0.1) is 0 Å². The summed E-state index contributed by atoms with van der Waals surface area (Å²) >= 11 is 0. The van der Waals surface area contributed by atoms with Crippen molar-refractivity contribution < 1.29 is 20.1 Å². The number of phenolic OH excluding ortho intramolecular Hbond substituents is 2. The molecule has 0 heterocycles. The number of hydrogen-bond acceptors (Lipinski definition) is 4. The molecule has 2 aromatic rings. The van der Waals surface area contributed by atoms with Gasteiger partial charge in [0.15, 0.2) is 11.5 Å². The first-order chi connectivity index (χ1) is 10.7. The Bertz CT molecular complexity index is 724. The van der Waals surface area contributed by atoms with E-state index in [0.717, 1.165) is 16.7 Å². The van der Waals surface area contributed by atoms with Crippen LogP contribution in [-0.4, -0.2) is 28.5 Å². The van der Waals surface area contributed by atoms with Gasteiger partial charge in [0.25, 0.3) is 0 Å². The molecule has 2 aromatic carbocycles. The molecule has 23 heavy (non-hydrogen) atoms. The second kappa shape index (κ2) is 6.22. The maximum Gasteiger partial charge on any atom is 0.164 e. The molecule has 3 N–H and O–H groups in total. The number of hydrogen-bond donors (Lipinski definition) is 3. The topological polar surface area (TPSA) is 69.9 Å². The third kappa shape index (κ3) is 2.69. The molecule has 4 heteroatoms. The van der Waals surface area contributed by atoms with E-state index in [1.165, 1.54) is 13.2 Å². The Labute approximate surface area is 137 Å². The molecule has 0 saturated heterocycles. The average molecular weight is 316 g/mol. The molecule has 124 valence electrons. The van der Waals surface area contributed by atoms with E-state index in [9.17, 15) is 15.3 Å². The number of aryl methyl sites for hydroxylation is 1. The Kier molecular flexibility index (Phi) is 4.68. The predicted octanol–water partition coefficient (Wildman–Crippen LogP) is 3.29. The standard InChI is InChI=1S/C19H24O4/c1-11-9-10-15(13(3)12(11)2)19(22,14(4)23-5)16-7-6-8-17(20)18(16)21/h6-10,14,20-22H,1-5H3. The molecule has 0 aliphatic rings. The van der Waals surface area contributed by atoms with Crippen LogP contribution in [0, 0.1) is 20.8 Å². The van der Waals surface area contributed by atoms with Crippen molar-refractivity contribution in [3.63, 3.8) is 0 Å². The summed E-state index contributed by atoms with van der Waals surface area (Å²) in [6.45, 7) is 7.67. The second-order valence-electron chi connectivity index (χ2n) is 6.00.